The maximum absolute atomic E-state index is 14.7. The average Bonchev–Trinajstić information content (AvgIpc) is 3.30. The lowest BCUT2D eigenvalue weighted by Crippen LogP contribution is -2.46. The van der Waals surface area contributed by atoms with Gasteiger partial charge < -0.3 is 36.9 Å². The highest BCUT2D eigenvalue weighted by atomic mass is 16.5. The number of Topliss-reactive ketones (excluding diaryl/α,β-unsaturated/α-hetero) is 3. The first-order chi connectivity index (χ1) is 31.3. The predicted octanol–water partition coefficient (Wildman–Crippen LogP) is 6.53. The van der Waals surface area contributed by atoms with Crippen molar-refractivity contribution in [1.29, 1.82) is 5.26 Å². The zero-order valence-corrected chi connectivity index (χ0v) is 38.1. The quantitative estimate of drug-likeness (QED) is 0.0699. The van der Waals surface area contributed by atoms with E-state index in [0.29, 0.717) is 45.2 Å². The first kappa shape index (κ1) is 49.8. The monoisotopic (exact) mass is 884 g/mol. The molecule has 4 atom stereocenters. The van der Waals surface area contributed by atoms with Gasteiger partial charge in [0.25, 0.3) is 0 Å². The van der Waals surface area contributed by atoms with Crippen LogP contribution in [0.5, 0.6) is 11.5 Å². The Morgan fingerprint density at radius 1 is 0.815 bits per heavy atom. The van der Waals surface area contributed by atoms with Crippen molar-refractivity contribution in [1.82, 2.24) is 10.2 Å². The van der Waals surface area contributed by atoms with Crippen LogP contribution >= 0.6 is 0 Å². The van der Waals surface area contributed by atoms with E-state index in [4.69, 9.17) is 26.7 Å². The second-order valence-electron chi connectivity index (χ2n) is 17.3. The molecule has 2 amide bonds. The number of nitrogens with two attached hydrogens (primary N) is 3. The van der Waals surface area contributed by atoms with Gasteiger partial charge in [-0.05, 0) is 90.2 Å². The lowest BCUT2D eigenvalue weighted by Gasteiger charge is -2.32. The van der Waals surface area contributed by atoms with Gasteiger partial charge in [-0.15, -0.1) is 0 Å². The van der Waals surface area contributed by atoms with Gasteiger partial charge in [0.1, 0.15) is 30.8 Å². The van der Waals surface area contributed by atoms with E-state index in [1.165, 1.54) is 17.5 Å². The number of rotatable bonds is 20. The van der Waals surface area contributed by atoms with Gasteiger partial charge in [-0.2, -0.15) is 5.26 Å². The Kier molecular flexibility index (Phi) is 18.5. The molecule has 1 heterocycles. The molecule has 13 heteroatoms. The van der Waals surface area contributed by atoms with Crippen molar-refractivity contribution < 1.29 is 33.4 Å². The Hall–Kier alpha value is -6.20. The van der Waals surface area contributed by atoms with Gasteiger partial charge in [0, 0.05) is 74.3 Å². The second kappa shape index (κ2) is 24.2. The summed E-state index contributed by atoms with van der Waals surface area (Å²) >= 11 is 0. The molecule has 0 saturated heterocycles. The number of nitriles is 1. The molecule has 1 aliphatic heterocycles. The van der Waals surface area contributed by atoms with Gasteiger partial charge in [-0.1, -0.05) is 81.4 Å². The van der Waals surface area contributed by atoms with Crippen LogP contribution in [0.2, 0.25) is 0 Å². The molecule has 1 aliphatic rings. The van der Waals surface area contributed by atoms with Crippen molar-refractivity contribution in [2.24, 2.45) is 35.0 Å². The van der Waals surface area contributed by atoms with Gasteiger partial charge in [0.15, 0.2) is 17.3 Å². The fraction of sp³-hybridized carbons (Fsp3) is 0.423. The summed E-state index contributed by atoms with van der Waals surface area (Å²) in [7, 11) is 1.52. The zero-order valence-electron chi connectivity index (χ0n) is 38.1. The number of nitrogens with zero attached hydrogens (tertiary/aromatic N) is 2. The largest absolute Gasteiger partial charge is 0.492 e. The Morgan fingerprint density at radius 3 is 2.03 bits per heavy atom. The number of nitrogens with one attached hydrogen (secondary N) is 1. The molecular formula is C52H64N6O7. The summed E-state index contributed by atoms with van der Waals surface area (Å²) in [6.07, 6.45) is 1.91. The molecule has 0 saturated carbocycles. The number of fused-ring (bicyclic) bond motifs is 5. The number of amides is 2. The average molecular weight is 885 g/mol. The van der Waals surface area contributed by atoms with Crippen LogP contribution in [-0.4, -0.2) is 80.0 Å². The van der Waals surface area contributed by atoms with Crippen molar-refractivity contribution in [3.63, 3.8) is 0 Å². The highest BCUT2D eigenvalue weighted by Gasteiger charge is 2.36. The van der Waals surface area contributed by atoms with Gasteiger partial charge in [0.2, 0.25) is 11.8 Å². The molecule has 5 rings (SSSR count). The summed E-state index contributed by atoms with van der Waals surface area (Å²) in [5.74, 6) is -2.25. The van der Waals surface area contributed by atoms with Crippen LogP contribution in [-0.2, 0) is 32.0 Å². The van der Waals surface area contributed by atoms with E-state index in [0.717, 1.165) is 24.0 Å². The minimum atomic E-state index is -1.21. The zero-order chi connectivity index (χ0) is 47.0. The van der Waals surface area contributed by atoms with E-state index in [9.17, 15) is 29.2 Å². The summed E-state index contributed by atoms with van der Waals surface area (Å²) < 4.78 is 12.3. The van der Waals surface area contributed by atoms with Crippen LogP contribution in [0, 0.1) is 29.1 Å². The van der Waals surface area contributed by atoms with Crippen molar-refractivity contribution in [3.8, 4) is 39.8 Å². The maximum atomic E-state index is 14.7. The molecule has 0 aromatic heterocycles. The van der Waals surface area contributed by atoms with E-state index in [-0.39, 0.29) is 82.9 Å². The van der Waals surface area contributed by atoms with Crippen LogP contribution < -0.4 is 32.0 Å². The second-order valence-corrected chi connectivity index (χ2v) is 17.3. The number of hydrogen-bond donors (Lipinski definition) is 4. The number of hydrogen-bond acceptors (Lipinski definition) is 11. The number of ketones is 3. The van der Waals surface area contributed by atoms with Crippen LogP contribution in [0.4, 0.5) is 0 Å². The fourth-order valence-corrected chi connectivity index (χ4v) is 8.15. The molecule has 0 aliphatic carbocycles. The number of ether oxygens (including phenoxy) is 2. The molecule has 13 nitrogen and oxygen atoms in total. The number of benzene rings is 4. The highest BCUT2D eigenvalue weighted by Crippen LogP contribution is 2.41. The minimum absolute atomic E-state index is 0.0240. The topological polar surface area (TPSA) is 221 Å². The van der Waals surface area contributed by atoms with Gasteiger partial charge >= 0.3 is 0 Å². The third-order valence-corrected chi connectivity index (χ3v) is 11.8. The molecule has 0 unspecified atom stereocenters. The molecular weight excluding hydrogens is 821 g/mol. The molecule has 0 spiro atoms. The predicted molar refractivity (Wildman–Crippen MR) is 252 cm³/mol. The highest BCUT2D eigenvalue weighted by molar-refractivity contribution is 6.00. The van der Waals surface area contributed by atoms with E-state index < -0.39 is 41.5 Å². The summed E-state index contributed by atoms with van der Waals surface area (Å²) in [5.41, 5.74) is 23.7. The van der Waals surface area contributed by atoms with Crippen LogP contribution in [0.25, 0.3) is 22.3 Å². The molecule has 4 aromatic rings. The van der Waals surface area contributed by atoms with Gasteiger partial charge in [0.05, 0.1) is 12.1 Å². The third-order valence-electron chi connectivity index (χ3n) is 11.8. The molecule has 0 radical (unpaired) electrons. The Bertz CT molecular complexity index is 2320. The number of likely N-dealkylation sites (N-methyl/N-ethyl adjacent to an activating group) is 1. The first-order valence-corrected chi connectivity index (χ1v) is 22.6. The third kappa shape index (κ3) is 13.4. The smallest absolute Gasteiger partial charge is 0.226 e. The molecule has 0 fully saturated rings. The van der Waals surface area contributed by atoms with Crippen molar-refractivity contribution in [2.75, 3.05) is 39.9 Å². The number of carbonyl (C=O) groups is 5. The SMILES string of the molecule is CC(C)CCc1ccc(-c2ccc(C(=O)C[C@@H](CCN)C(=O)N(C)[C@@H]3C(=O)C[C@@H](C)C(=O)N[C@H](C(=O)CCC#N)Cc4ccc(OCCN)c(c4)-c4cc3ccc4OCCN)cc2)cc1. The van der Waals surface area contributed by atoms with E-state index in [1.807, 2.05) is 24.3 Å². The molecule has 4 bridgehead atoms. The molecule has 65 heavy (non-hydrogen) atoms. The van der Waals surface area contributed by atoms with Crippen LogP contribution in [0.3, 0.4) is 0 Å². The maximum Gasteiger partial charge on any atom is 0.226 e. The summed E-state index contributed by atoms with van der Waals surface area (Å²) in [4.78, 5) is 71.9. The Morgan fingerprint density at radius 2 is 1.43 bits per heavy atom. The molecule has 7 N–H and O–H groups in total. The van der Waals surface area contributed by atoms with E-state index in [2.05, 4.69) is 43.4 Å². The summed E-state index contributed by atoms with van der Waals surface area (Å²) in [6, 6.07) is 26.1. The minimum Gasteiger partial charge on any atom is -0.492 e. The van der Waals surface area contributed by atoms with Crippen LogP contribution in [0.15, 0.2) is 84.9 Å². The van der Waals surface area contributed by atoms with Gasteiger partial charge in [-0.3, -0.25) is 24.0 Å². The Labute approximate surface area is 383 Å². The van der Waals surface area contributed by atoms with Gasteiger partial charge in [-0.25, -0.2) is 0 Å². The fourth-order valence-electron chi connectivity index (χ4n) is 8.15. The lowest BCUT2D eigenvalue weighted by molar-refractivity contribution is -0.142. The normalized spacial score (nSPS) is 16.8. The van der Waals surface area contributed by atoms with Crippen molar-refractivity contribution in [3.05, 3.63) is 107 Å². The Balaban J connectivity index is 1.51. The van der Waals surface area contributed by atoms with Crippen LogP contribution in [0.1, 0.15) is 92.4 Å². The van der Waals surface area contributed by atoms with Crippen molar-refractivity contribution >= 4 is 29.2 Å². The van der Waals surface area contributed by atoms with E-state index >= 15 is 0 Å². The first-order valence-electron chi connectivity index (χ1n) is 22.6. The number of carbonyl (C=O) groups excluding carboxylic acids is 5. The summed E-state index contributed by atoms with van der Waals surface area (Å²) in [6.45, 7) is 6.94. The standard InChI is InChI=1S/C52H64N6O7/c1-33(2)7-8-35-9-12-37(13-10-35)38-14-16-39(17-15-38)46(60)32-41(21-23-54)52(63)58(4)50-40-18-20-49(65-27-25-56)43(31-40)42-29-36(11-19-48(42)64-26-24-55)30-44(45(59)6-5-22-53)57-51(62)34(3)28-47(50)61/h9-20,29,31,33-34,41,44,50H,5-8,21,23-28,30,32,54-56H2,1-4H3,(H,57,62)/t34-,41-,44+,50+/m1/s1. The molecule has 4 aromatic carbocycles. The molecule has 344 valence electrons. The summed E-state index contributed by atoms with van der Waals surface area (Å²) in [5, 5.41) is 12.1. The van der Waals surface area contributed by atoms with E-state index in [1.54, 1.807) is 49.4 Å². The number of aryl methyl sites for hydroxylation is 1. The van der Waals surface area contributed by atoms with Crippen molar-refractivity contribution in [2.45, 2.75) is 84.2 Å². The lowest BCUT2D eigenvalue weighted by atomic mass is 9.88.